The number of rotatable bonds is 0. The Morgan fingerprint density at radius 3 is 2.17 bits per heavy atom. The minimum atomic E-state index is 0.306. The molecule has 0 radical (unpaired) electrons. The van der Waals surface area contributed by atoms with Crippen LogP contribution in [0.5, 0.6) is 0 Å². The number of hydrogen-bond acceptors (Lipinski definition) is 1. The quantitative estimate of drug-likeness (QED) is 0.557. The van der Waals surface area contributed by atoms with E-state index in [1.807, 2.05) is 11.3 Å². The van der Waals surface area contributed by atoms with E-state index in [1.54, 1.807) is 11.1 Å². The van der Waals surface area contributed by atoms with Crippen molar-refractivity contribution in [1.82, 2.24) is 0 Å². The van der Waals surface area contributed by atoms with Gasteiger partial charge in [0.25, 0.3) is 0 Å². The zero-order valence-corrected chi connectivity index (χ0v) is 13.8. The second-order valence-electron chi connectivity index (χ2n) is 6.75. The SMILES string of the molecule is CC1(C)CCC(C)(C)c2cc3c(Br)csc3cc21. The van der Waals surface area contributed by atoms with Crippen molar-refractivity contribution < 1.29 is 0 Å². The summed E-state index contributed by atoms with van der Waals surface area (Å²) in [5, 5.41) is 3.58. The first-order valence-corrected chi connectivity index (χ1v) is 8.20. The Balaban J connectivity index is 2.37. The average Bonchev–Trinajstić information content (AvgIpc) is 2.66. The zero-order valence-electron chi connectivity index (χ0n) is 11.4. The van der Waals surface area contributed by atoms with Crippen LogP contribution >= 0.6 is 27.3 Å². The van der Waals surface area contributed by atoms with Gasteiger partial charge in [0.2, 0.25) is 0 Å². The maximum absolute atomic E-state index is 3.67. The van der Waals surface area contributed by atoms with Gasteiger partial charge in [-0.05, 0) is 62.9 Å². The molecular formula is C16H19BrS. The molecule has 1 aliphatic rings. The topological polar surface area (TPSA) is 0 Å². The molecular weight excluding hydrogens is 304 g/mol. The fourth-order valence-corrected chi connectivity index (χ4v) is 4.64. The summed E-state index contributed by atoms with van der Waals surface area (Å²) in [4.78, 5) is 0. The zero-order chi connectivity index (χ0) is 13.1. The molecule has 0 N–H and O–H groups in total. The molecule has 18 heavy (non-hydrogen) atoms. The summed E-state index contributed by atoms with van der Waals surface area (Å²) in [5.74, 6) is 0. The van der Waals surface area contributed by atoms with E-state index in [0.717, 1.165) is 0 Å². The van der Waals surface area contributed by atoms with E-state index in [0.29, 0.717) is 10.8 Å². The van der Waals surface area contributed by atoms with E-state index in [2.05, 4.69) is 61.1 Å². The van der Waals surface area contributed by atoms with E-state index >= 15 is 0 Å². The molecule has 0 atom stereocenters. The average molecular weight is 323 g/mol. The van der Waals surface area contributed by atoms with Crippen molar-refractivity contribution in [2.75, 3.05) is 0 Å². The third-order valence-electron chi connectivity index (χ3n) is 4.50. The van der Waals surface area contributed by atoms with Gasteiger partial charge < -0.3 is 0 Å². The Bertz CT molecular complexity index is 619. The second kappa shape index (κ2) is 3.83. The van der Waals surface area contributed by atoms with Gasteiger partial charge >= 0.3 is 0 Å². The van der Waals surface area contributed by atoms with Gasteiger partial charge in [0, 0.05) is 19.9 Å². The van der Waals surface area contributed by atoms with E-state index in [4.69, 9.17) is 0 Å². The maximum Gasteiger partial charge on any atom is 0.0361 e. The van der Waals surface area contributed by atoms with Gasteiger partial charge in [-0.25, -0.2) is 0 Å². The molecule has 2 heteroatoms. The Hall–Kier alpha value is -0.340. The maximum atomic E-state index is 3.67. The van der Waals surface area contributed by atoms with Gasteiger partial charge in [-0.2, -0.15) is 0 Å². The molecule has 0 amide bonds. The molecule has 0 spiro atoms. The fraction of sp³-hybridized carbons (Fsp3) is 0.500. The van der Waals surface area contributed by atoms with Crippen molar-refractivity contribution in [3.63, 3.8) is 0 Å². The van der Waals surface area contributed by atoms with Gasteiger partial charge in [-0.1, -0.05) is 27.7 Å². The molecule has 0 unspecified atom stereocenters. The molecule has 0 fully saturated rings. The molecule has 1 aromatic heterocycles. The van der Waals surface area contributed by atoms with Crippen molar-refractivity contribution in [2.45, 2.75) is 51.4 Å². The number of thiophene rings is 1. The number of fused-ring (bicyclic) bond motifs is 2. The molecule has 1 heterocycles. The Morgan fingerprint density at radius 2 is 1.56 bits per heavy atom. The van der Waals surface area contributed by atoms with Crippen molar-refractivity contribution in [3.05, 3.63) is 33.1 Å². The van der Waals surface area contributed by atoms with Gasteiger partial charge in [0.1, 0.15) is 0 Å². The van der Waals surface area contributed by atoms with Crippen LogP contribution in [0, 0.1) is 0 Å². The van der Waals surface area contributed by atoms with Crippen LogP contribution in [0.1, 0.15) is 51.7 Å². The smallest absolute Gasteiger partial charge is 0.0361 e. The molecule has 0 saturated carbocycles. The molecule has 96 valence electrons. The summed E-state index contributed by atoms with van der Waals surface area (Å²) in [6, 6.07) is 4.85. The monoisotopic (exact) mass is 322 g/mol. The highest BCUT2D eigenvalue weighted by Gasteiger charge is 2.37. The van der Waals surface area contributed by atoms with Crippen LogP contribution in [-0.2, 0) is 10.8 Å². The van der Waals surface area contributed by atoms with Crippen molar-refractivity contribution in [1.29, 1.82) is 0 Å². The van der Waals surface area contributed by atoms with Crippen molar-refractivity contribution in [3.8, 4) is 0 Å². The van der Waals surface area contributed by atoms with E-state index in [1.165, 1.54) is 27.4 Å². The van der Waals surface area contributed by atoms with Crippen LogP contribution in [0.15, 0.2) is 22.0 Å². The van der Waals surface area contributed by atoms with Crippen LogP contribution in [0.3, 0.4) is 0 Å². The van der Waals surface area contributed by atoms with Gasteiger partial charge in [-0.15, -0.1) is 11.3 Å². The third kappa shape index (κ3) is 1.77. The van der Waals surface area contributed by atoms with Gasteiger partial charge in [-0.3, -0.25) is 0 Å². The van der Waals surface area contributed by atoms with Crippen molar-refractivity contribution in [2.24, 2.45) is 0 Å². The van der Waals surface area contributed by atoms with Crippen LogP contribution < -0.4 is 0 Å². The van der Waals surface area contributed by atoms with E-state index in [-0.39, 0.29) is 0 Å². The van der Waals surface area contributed by atoms with Crippen LogP contribution in [-0.4, -0.2) is 0 Å². The Morgan fingerprint density at radius 1 is 1.00 bits per heavy atom. The number of hydrogen-bond donors (Lipinski definition) is 0. The van der Waals surface area contributed by atoms with Crippen LogP contribution in [0.2, 0.25) is 0 Å². The first-order chi connectivity index (χ1) is 8.31. The highest BCUT2D eigenvalue weighted by Crippen LogP contribution is 2.48. The summed E-state index contributed by atoms with van der Waals surface area (Å²) in [7, 11) is 0. The van der Waals surface area contributed by atoms with E-state index in [9.17, 15) is 0 Å². The van der Waals surface area contributed by atoms with E-state index < -0.39 is 0 Å². The summed E-state index contributed by atoms with van der Waals surface area (Å²) in [5.41, 5.74) is 3.72. The molecule has 0 aliphatic heterocycles. The predicted octanol–water partition coefficient (Wildman–Crippen LogP) is 6.01. The first-order valence-electron chi connectivity index (χ1n) is 6.53. The third-order valence-corrected chi connectivity index (χ3v) is 6.40. The predicted molar refractivity (Wildman–Crippen MR) is 84.8 cm³/mol. The number of halogens is 1. The van der Waals surface area contributed by atoms with Crippen LogP contribution in [0.4, 0.5) is 0 Å². The summed E-state index contributed by atoms with van der Waals surface area (Å²) in [6.07, 6.45) is 2.56. The Labute approximate surface area is 122 Å². The van der Waals surface area contributed by atoms with Crippen LogP contribution in [0.25, 0.3) is 10.1 Å². The lowest BCUT2D eigenvalue weighted by Gasteiger charge is -2.41. The summed E-state index contributed by atoms with van der Waals surface area (Å²) < 4.78 is 2.65. The normalized spacial score (nSPS) is 20.9. The lowest BCUT2D eigenvalue weighted by molar-refractivity contribution is 0.332. The standard InChI is InChI=1S/C16H19BrS/c1-15(2)5-6-16(3,4)12-8-14-10(7-11(12)15)13(17)9-18-14/h7-9H,5-6H2,1-4H3. The summed E-state index contributed by atoms with van der Waals surface area (Å²) >= 11 is 5.51. The van der Waals surface area contributed by atoms with Gasteiger partial charge in [0.15, 0.2) is 0 Å². The largest absolute Gasteiger partial charge is 0.143 e. The Kier molecular flexibility index (Phi) is 2.70. The number of benzene rings is 1. The lowest BCUT2D eigenvalue weighted by atomic mass is 9.63. The minimum Gasteiger partial charge on any atom is -0.143 e. The highest BCUT2D eigenvalue weighted by molar-refractivity contribution is 9.10. The molecule has 0 saturated heterocycles. The first kappa shape index (κ1) is 12.7. The molecule has 3 rings (SSSR count). The highest BCUT2D eigenvalue weighted by atomic mass is 79.9. The summed E-state index contributed by atoms with van der Waals surface area (Å²) in [6.45, 7) is 9.53. The molecule has 2 aromatic rings. The lowest BCUT2D eigenvalue weighted by Crippen LogP contribution is -2.33. The van der Waals surface area contributed by atoms with Crippen molar-refractivity contribution >= 4 is 37.4 Å². The minimum absolute atomic E-state index is 0.306. The second-order valence-corrected chi connectivity index (χ2v) is 8.51. The molecule has 0 nitrogen and oxygen atoms in total. The molecule has 1 aromatic carbocycles. The molecule has 0 bridgehead atoms. The van der Waals surface area contributed by atoms with Gasteiger partial charge in [0.05, 0.1) is 0 Å². The molecule has 1 aliphatic carbocycles. The fourth-order valence-electron chi connectivity index (χ4n) is 3.06.